The van der Waals surface area contributed by atoms with Gasteiger partial charge in [-0.05, 0) is 19.1 Å². The van der Waals surface area contributed by atoms with E-state index in [1.807, 2.05) is 36.0 Å². The van der Waals surface area contributed by atoms with Gasteiger partial charge in [-0.3, -0.25) is 0 Å². The van der Waals surface area contributed by atoms with Crippen molar-refractivity contribution in [1.29, 1.82) is 0 Å². The van der Waals surface area contributed by atoms with Gasteiger partial charge in [-0.25, -0.2) is 9.97 Å². The van der Waals surface area contributed by atoms with E-state index in [1.54, 1.807) is 11.8 Å². The molecule has 1 aliphatic heterocycles. The molecular weight excluding hydrogens is 322 g/mol. The Balaban J connectivity index is 1.80. The van der Waals surface area contributed by atoms with Crippen LogP contribution in [0, 0.1) is 0 Å². The Morgan fingerprint density at radius 2 is 2.14 bits per heavy atom. The Labute approximate surface area is 138 Å². The molecule has 1 aliphatic rings. The van der Waals surface area contributed by atoms with Gasteiger partial charge in [0.05, 0.1) is 16.5 Å². The Bertz CT molecular complexity index is 649. The van der Waals surface area contributed by atoms with Crippen LogP contribution in [0.5, 0.6) is 0 Å². The van der Waals surface area contributed by atoms with Gasteiger partial charge in [0.1, 0.15) is 11.6 Å². The molecule has 1 aromatic carbocycles. The summed E-state index contributed by atoms with van der Waals surface area (Å²) in [6, 6.07) is 7.88. The molecular formula is C15H16ClN3S2. The lowest BCUT2D eigenvalue weighted by molar-refractivity contribution is 0.965. The first-order chi connectivity index (χ1) is 10.3. The summed E-state index contributed by atoms with van der Waals surface area (Å²) in [6.07, 6.45) is 0. The van der Waals surface area contributed by atoms with Crippen LogP contribution in [-0.2, 0) is 17.3 Å². The molecule has 2 heterocycles. The fourth-order valence-electron chi connectivity index (χ4n) is 2.18. The SMILES string of the molecule is CCNc1nc(CSc2ccccc2Cl)nc2c1CSC2. The van der Waals surface area contributed by atoms with Gasteiger partial charge in [-0.2, -0.15) is 11.8 Å². The predicted octanol–water partition coefficient (Wildman–Crippen LogP) is 4.60. The summed E-state index contributed by atoms with van der Waals surface area (Å²) in [6.45, 7) is 2.97. The van der Waals surface area contributed by atoms with Crippen LogP contribution in [0.3, 0.4) is 0 Å². The summed E-state index contributed by atoms with van der Waals surface area (Å²) in [5.74, 6) is 4.61. The van der Waals surface area contributed by atoms with Crippen LogP contribution in [0.15, 0.2) is 29.2 Å². The number of benzene rings is 1. The summed E-state index contributed by atoms with van der Waals surface area (Å²) >= 11 is 9.77. The third kappa shape index (κ3) is 3.47. The number of nitrogens with one attached hydrogen (secondary N) is 1. The number of anilines is 1. The molecule has 0 atom stereocenters. The summed E-state index contributed by atoms with van der Waals surface area (Å²) in [4.78, 5) is 10.5. The molecule has 0 amide bonds. The molecule has 1 aromatic heterocycles. The molecule has 0 saturated carbocycles. The van der Waals surface area contributed by atoms with E-state index in [-0.39, 0.29) is 0 Å². The highest BCUT2D eigenvalue weighted by Crippen LogP contribution is 2.34. The first-order valence-corrected chi connectivity index (χ1v) is 9.37. The van der Waals surface area contributed by atoms with E-state index >= 15 is 0 Å². The highest BCUT2D eigenvalue weighted by molar-refractivity contribution is 7.98. The lowest BCUT2D eigenvalue weighted by atomic mass is 10.2. The molecule has 0 unspecified atom stereocenters. The largest absolute Gasteiger partial charge is 0.370 e. The van der Waals surface area contributed by atoms with Gasteiger partial charge in [0.25, 0.3) is 0 Å². The molecule has 6 heteroatoms. The zero-order chi connectivity index (χ0) is 14.7. The number of hydrogen-bond donors (Lipinski definition) is 1. The minimum absolute atomic E-state index is 0.736. The average molecular weight is 338 g/mol. The summed E-state index contributed by atoms with van der Waals surface area (Å²) in [5, 5.41) is 4.14. The van der Waals surface area contributed by atoms with Gasteiger partial charge in [-0.15, -0.1) is 11.8 Å². The number of fused-ring (bicyclic) bond motifs is 1. The molecule has 0 bridgehead atoms. The van der Waals surface area contributed by atoms with Crippen LogP contribution < -0.4 is 5.32 Å². The molecule has 0 fully saturated rings. The molecule has 110 valence electrons. The van der Waals surface area contributed by atoms with Crippen LogP contribution in [0.4, 0.5) is 5.82 Å². The summed E-state index contributed by atoms with van der Waals surface area (Å²) in [5.41, 5.74) is 2.45. The van der Waals surface area contributed by atoms with Crippen LogP contribution in [0.2, 0.25) is 5.02 Å². The van der Waals surface area contributed by atoms with Crippen LogP contribution in [0.1, 0.15) is 24.0 Å². The molecule has 3 nitrogen and oxygen atoms in total. The molecule has 1 N–H and O–H groups in total. The van der Waals surface area contributed by atoms with Gasteiger partial charge < -0.3 is 5.32 Å². The quantitative estimate of drug-likeness (QED) is 0.807. The Morgan fingerprint density at radius 1 is 1.29 bits per heavy atom. The smallest absolute Gasteiger partial charge is 0.141 e. The second-order valence-electron chi connectivity index (χ2n) is 4.66. The zero-order valence-electron chi connectivity index (χ0n) is 11.7. The number of rotatable bonds is 5. The molecule has 0 spiro atoms. The van der Waals surface area contributed by atoms with Gasteiger partial charge in [-0.1, -0.05) is 23.7 Å². The second kappa shape index (κ2) is 6.90. The van der Waals surface area contributed by atoms with Crippen molar-refractivity contribution in [2.45, 2.75) is 29.1 Å². The average Bonchev–Trinajstić information content (AvgIpc) is 2.95. The maximum atomic E-state index is 6.19. The van der Waals surface area contributed by atoms with Crippen molar-refractivity contribution in [3.05, 3.63) is 46.4 Å². The van der Waals surface area contributed by atoms with Crippen LogP contribution >= 0.6 is 35.1 Å². The molecule has 0 radical (unpaired) electrons. The fraction of sp³-hybridized carbons (Fsp3) is 0.333. The second-order valence-corrected chi connectivity index (χ2v) is 7.07. The molecule has 0 saturated heterocycles. The van der Waals surface area contributed by atoms with Crippen molar-refractivity contribution in [1.82, 2.24) is 9.97 Å². The van der Waals surface area contributed by atoms with Crippen molar-refractivity contribution in [3.63, 3.8) is 0 Å². The Hall–Kier alpha value is -0.910. The Kier molecular flexibility index (Phi) is 4.93. The maximum absolute atomic E-state index is 6.19. The summed E-state index contributed by atoms with van der Waals surface area (Å²) < 4.78 is 0. The van der Waals surface area contributed by atoms with E-state index in [9.17, 15) is 0 Å². The first kappa shape index (κ1) is 15.0. The summed E-state index contributed by atoms with van der Waals surface area (Å²) in [7, 11) is 0. The van der Waals surface area contributed by atoms with Gasteiger partial charge >= 0.3 is 0 Å². The molecule has 2 aromatic rings. The fourth-order valence-corrected chi connectivity index (χ4v) is 4.32. The molecule has 0 aliphatic carbocycles. The standard InChI is InChI=1S/C15H16ClN3S2/c1-2-17-15-10-7-20-8-12(10)18-14(19-15)9-21-13-6-4-3-5-11(13)16/h3-6H,2,7-9H2,1H3,(H,17,18,19). The van der Waals surface area contributed by atoms with E-state index in [0.717, 1.165) is 45.4 Å². The third-order valence-electron chi connectivity index (χ3n) is 3.16. The van der Waals surface area contributed by atoms with Crippen molar-refractivity contribution < 1.29 is 0 Å². The minimum Gasteiger partial charge on any atom is -0.370 e. The number of nitrogens with zero attached hydrogens (tertiary/aromatic N) is 2. The van der Waals surface area contributed by atoms with Crippen LogP contribution in [-0.4, -0.2) is 16.5 Å². The van der Waals surface area contributed by atoms with Crippen molar-refractivity contribution in [3.8, 4) is 0 Å². The Morgan fingerprint density at radius 3 is 2.95 bits per heavy atom. The van der Waals surface area contributed by atoms with E-state index in [2.05, 4.69) is 17.2 Å². The van der Waals surface area contributed by atoms with Gasteiger partial charge in [0, 0.05) is 28.5 Å². The van der Waals surface area contributed by atoms with Crippen molar-refractivity contribution in [2.75, 3.05) is 11.9 Å². The number of hydrogen-bond acceptors (Lipinski definition) is 5. The van der Waals surface area contributed by atoms with Crippen molar-refractivity contribution >= 4 is 40.9 Å². The third-order valence-corrected chi connectivity index (χ3v) is 5.64. The van der Waals surface area contributed by atoms with Gasteiger partial charge in [0.15, 0.2) is 0 Å². The highest BCUT2D eigenvalue weighted by atomic mass is 35.5. The zero-order valence-corrected chi connectivity index (χ0v) is 14.1. The topological polar surface area (TPSA) is 37.8 Å². The normalized spacial score (nSPS) is 13.2. The number of halogens is 1. The predicted molar refractivity (Wildman–Crippen MR) is 92.2 cm³/mol. The van der Waals surface area contributed by atoms with Gasteiger partial charge in [0.2, 0.25) is 0 Å². The van der Waals surface area contributed by atoms with E-state index < -0.39 is 0 Å². The minimum atomic E-state index is 0.736. The maximum Gasteiger partial charge on any atom is 0.141 e. The number of aromatic nitrogens is 2. The lowest BCUT2D eigenvalue weighted by Gasteiger charge is -2.10. The highest BCUT2D eigenvalue weighted by Gasteiger charge is 2.19. The monoisotopic (exact) mass is 337 g/mol. The lowest BCUT2D eigenvalue weighted by Crippen LogP contribution is -2.08. The van der Waals surface area contributed by atoms with E-state index in [4.69, 9.17) is 16.6 Å². The first-order valence-electron chi connectivity index (χ1n) is 6.85. The van der Waals surface area contributed by atoms with Crippen LogP contribution in [0.25, 0.3) is 0 Å². The van der Waals surface area contributed by atoms with E-state index in [1.165, 1.54) is 11.3 Å². The molecule has 3 rings (SSSR count). The number of thioether (sulfide) groups is 2. The molecule has 21 heavy (non-hydrogen) atoms. The van der Waals surface area contributed by atoms with Crippen molar-refractivity contribution in [2.24, 2.45) is 0 Å². The van der Waals surface area contributed by atoms with E-state index in [0.29, 0.717) is 0 Å².